The van der Waals surface area contributed by atoms with Crippen LogP contribution >= 0.6 is 0 Å². The van der Waals surface area contributed by atoms with E-state index < -0.39 is 0 Å². The molecule has 2 rings (SSSR count). The topological polar surface area (TPSA) is 32.8 Å². The number of hydrogen-bond acceptors (Lipinski definition) is 3. The minimum absolute atomic E-state index is 0.0972. The lowest BCUT2D eigenvalue weighted by Gasteiger charge is -2.33. The van der Waals surface area contributed by atoms with Crippen molar-refractivity contribution in [1.82, 2.24) is 9.80 Å². The van der Waals surface area contributed by atoms with Crippen LogP contribution in [0.3, 0.4) is 0 Å². The van der Waals surface area contributed by atoms with Gasteiger partial charge in [0, 0.05) is 26.2 Å². The Bertz CT molecular complexity index is 232. The maximum atomic E-state index is 11.9. The molecule has 1 saturated heterocycles. The molecule has 0 aromatic carbocycles. The van der Waals surface area contributed by atoms with Crippen molar-refractivity contribution in [3.63, 3.8) is 0 Å². The lowest BCUT2D eigenvalue weighted by Crippen LogP contribution is -2.48. The number of likely N-dealkylation sites (N-methyl/N-ethyl adjacent to an activating group) is 1. The van der Waals surface area contributed by atoms with Crippen LogP contribution in [-0.4, -0.2) is 55.2 Å². The first-order valence-corrected chi connectivity index (χ1v) is 7.40. The fourth-order valence-electron chi connectivity index (χ4n) is 2.39. The summed E-state index contributed by atoms with van der Waals surface area (Å²) in [5, 5.41) is 0. The molecule has 4 nitrogen and oxygen atoms in total. The lowest BCUT2D eigenvalue weighted by atomic mass is 9.98. The normalized spacial score (nSPS) is 22.1. The van der Waals surface area contributed by atoms with Crippen LogP contribution in [0, 0.1) is 0 Å². The molecule has 0 radical (unpaired) electrons. The summed E-state index contributed by atoms with van der Waals surface area (Å²) < 4.78 is 5.53. The minimum Gasteiger partial charge on any atom is -0.446 e. The van der Waals surface area contributed by atoms with E-state index in [4.69, 9.17) is 4.74 Å². The summed E-state index contributed by atoms with van der Waals surface area (Å²) in [6, 6.07) is 0. The Balaban J connectivity index is 0.000000771. The second-order valence-electron chi connectivity index (χ2n) is 4.93. The van der Waals surface area contributed by atoms with Gasteiger partial charge in [-0.25, -0.2) is 4.79 Å². The third-order valence-corrected chi connectivity index (χ3v) is 3.58. The SMILES string of the molecule is CC.CN1CCN(C(=O)OC2CCCCC2)CC1. The predicted octanol–water partition coefficient (Wildman–Crippen LogP) is 2.73. The van der Waals surface area contributed by atoms with Crippen LogP contribution in [0.15, 0.2) is 0 Å². The van der Waals surface area contributed by atoms with Crippen molar-refractivity contribution in [2.45, 2.75) is 52.1 Å². The lowest BCUT2D eigenvalue weighted by molar-refractivity contribution is 0.0354. The number of nitrogens with zero attached hydrogens (tertiary/aromatic N) is 2. The first-order chi connectivity index (χ1) is 8.75. The number of hydrogen-bond donors (Lipinski definition) is 0. The molecule has 1 aliphatic carbocycles. The van der Waals surface area contributed by atoms with Crippen molar-refractivity contribution in [3.05, 3.63) is 0 Å². The van der Waals surface area contributed by atoms with E-state index in [9.17, 15) is 4.79 Å². The van der Waals surface area contributed by atoms with Crippen molar-refractivity contribution in [1.29, 1.82) is 0 Å². The van der Waals surface area contributed by atoms with Gasteiger partial charge in [0.15, 0.2) is 0 Å². The Morgan fingerprint density at radius 1 is 1.00 bits per heavy atom. The van der Waals surface area contributed by atoms with E-state index in [1.165, 1.54) is 19.3 Å². The van der Waals surface area contributed by atoms with E-state index in [1.807, 2.05) is 18.7 Å². The van der Waals surface area contributed by atoms with Crippen LogP contribution in [-0.2, 0) is 4.74 Å². The third kappa shape index (κ3) is 4.84. The van der Waals surface area contributed by atoms with Gasteiger partial charge in [-0.15, -0.1) is 0 Å². The second-order valence-corrected chi connectivity index (χ2v) is 4.93. The molecule has 0 spiro atoms. The van der Waals surface area contributed by atoms with Crippen LogP contribution in [0.1, 0.15) is 46.0 Å². The van der Waals surface area contributed by atoms with Gasteiger partial charge >= 0.3 is 6.09 Å². The molecule has 0 bridgehead atoms. The van der Waals surface area contributed by atoms with Gasteiger partial charge in [-0.05, 0) is 32.7 Å². The molecular formula is C14H28N2O2. The molecule has 4 heteroatoms. The largest absolute Gasteiger partial charge is 0.446 e. The highest BCUT2D eigenvalue weighted by atomic mass is 16.6. The summed E-state index contributed by atoms with van der Waals surface area (Å²) in [6.07, 6.45) is 5.91. The zero-order chi connectivity index (χ0) is 13.4. The Morgan fingerprint density at radius 3 is 2.11 bits per heavy atom. The quantitative estimate of drug-likeness (QED) is 0.723. The van der Waals surface area contributed by atoms with Gasteiger partial charge < -0.3 is 14.5 Å². The molecule has 0 unspecified atom stereocenters. The molecule has 0 N–H and O–H groups in total. The van der Waals surface area contributed by atoms with Gasteiger partial charge in [-0.1, -0.05) is 20.3 Å². The molecule has 1 saturated carbocycles. The highest BCUT2D eigenvalue weighted by Crippen LogP contribution is 2.21. The number of ether oxygens (including phenoxy) is 1. The van der Waals surface area contributed by atoms with E-state index in [2.05, 4.69) is 11.9 Å². The average Bonchev–Trinajstić information content (AvgIpc) is 2.43. The predicted molar refractivity (Wildman–Crippen MR) is 73.8 cm³/mol. The molecular weight excluding hydrogens is 228 g/mol. The van der Waals surface area contributed by atoms with Gasteiger partial charge in [-0.3, -0.25) is 0 Å². The summed E-state index contributed by atoms with van der Waals surface area (Å²) in [5.41, 5.74) is 0. The number of piperazine rings is 1. The zero-order valence-electron chi connectivity index (χ0n) is 12.2. The van der Waals surface area contributed by atoms with Crippen LogP contribution in [0.4, 0.5) is 4.79 Å². The van der Waals surface area contributed by atoms with Crippen molar-refractivity contribution >= 4 is 6.09 Å². The highest BCUT2D eigenvalue weighted by Gasteiger charge is 2.24. The van der Waals surface area contributed by atoms with E-state index in [0.717, 1.165) is 39.0 Å². The number of carbonyl (C=O) groups is 1. The number of carbonyl (C=O) groups excluding carboxylic acids is 1. The first kappa shape index (κ1) is 15.3. The van der Waals surface area contributed by atoms with Crippen LogP contribution in [0.5, 0.6) is 0 Å². The summed E-state index contributed by atoms with van der Waals surface area (Å²) in [5.74, 6) is 0. The number of rotatable bonds is 1. The minimum atomic E-state index is -0.0972. The molecule has 0 atom stereocenters. The molecule has 1 amide bonds. The van der Waals surface area contributed by atoms with E-state index in [1.54, 1.807) is 0 Å². The van der Waals surface area contributed by atoms with Crippen molar-refractivity contribution < 1.29 is 9.53 Å². The zero-order valence-corrected chi connectivity index (χ0v) is 12.2. The standard InChI is InChI=1S/C12H22N2O2.C2H6/c1-13-7-9-14(10-8-13)12(15)16-11-5-3-2-4-6-11;1-2/h11H,2-10H2,1H3;1-2H3. The summed E-state index contributed by atoms with van der Waals surface area (Å²) in [4.78, 5) is 15.9. The Labute approximate surface area is 111 Å². The van der Waals surface area contributed by atoms with Crippen molar-refractivity contribution in [2.24, 2.45) is 0 Å². The average molecular weight is 256 g/mol. The van der Waals surface area contributed by atoms with Gasteiger partial charge in [0.25, 0.3) is 0 Å². The van der Waals surface area contributed by atoms with Gasteiger partial charge in [-0.2, -0.15) is 0 Å². The van der Waals surface area contributed by atoms with Crippen LogP contribution < -0.4 is 0 Å². The summed E-state index contributed by atoms with van der Waals surface area (Å²) >= 11 is 0. The molecule has 106 valence electrons. The van der Waals surface area contributed by atoms with Gasteiger partial charge in [0.05, 0.1) is 0 Å². The second kappa shape index (κ2) is 8.35. The maximum absolute atomic E-state index is 11.9. The third-order valence-electron chi connectivity index (χ3n) is 3.58. The van der Waals surface area contributed by atoms with Crippen molar-refractivity contribution in [3.8, 4) is 0 Å². The number of amides is 1. The van der Waals surface area contributed by atoms with Crippen LogP contribution in [0.2, 0.25) is 0 Å². The molecule has 2 aliphatic rings. The maximum Gasteiger partial charge on any atom is 0.410 e. The van der Waals surface area contributed by atoms with E-state index in [-0.39, 0.29) is 12.2 Å². The molecule has 1 heterocycles. The summed E-state index contributed by atoms with van der Waals surface area (Å²) in [7, 11) is 2.09. The van der Waals surface area contributed by atoms with Gasteiger partial charge in [0.1, 0.15) is 6.10 Å². The fraction of sp³-hybridized carbons (Fsp3) is 0.929. The molecule has 0 aromatic heterocycles. The van der Waals surface area contributed by atoms with Crippen molar-refractivity contribution in [2.75, 3.05) is 33.2 Å². The van der Waals surface area contributed by atoms with E-state index >= 15 is 0 Å². The monoisotopic (exact) mass is 256 g/mol. The highest BCUT2D eigenvalue weighted by molar-refractivity contribution is 5.68. The smallest absolute Gasteiger partial charge is 0.410 e. The fourth-order valence-corrected chi connectivity index (χ4v) is 2.39. The first-order valence-electron chi connectivity index (χ1n) is 7.40. The van der Waals surface area contributed by atoms with E-state index in [0.29, 0.717) is 0 Å². The Kier molecular flexibility index (Phi) is 7.09. The molecule has 0 aromatic rings. The molecule has 2 fully saturated rings. The Hall–Kier alpha value is -0.770. The van der Waals surface area contributed by atoms with Crippen LogP contribution in [0.25, 0.3) is 0 Å². The Morgan fingerprint density at radius 2 is 1.56 bits per heavy atom. The molecule has 1 aliphatic heterocycles. The molecule has 18 heavy (non-hydrogen) atoms. The summed E-state index contributed by atoms with van der Waals surface area (Å²) in [6.45, 7) is 7.53. The van der Waals surface area contributed by atoms with Gasteiger partial charge in [0.2, 0.25) is 0 Å².